The van der Waals surface area contributed by atoms with Gasteiger partial charge >= 0.3 is 0 Å². The van der Waals surface area contributed by atoms with E-state index in [2.05, 4.69) is 12.1 Å². The molecule has 0 bridgehead atoms. The summed E-state index contributed by atoms with van der Waals surface area (Å²) < 4.78 is 12.3. The maximum atomic E-state index is 13.1. The van der Waals surface area contributed by atoms with Crippen LogP contribution >= 0.6 is 23.1 Å². The topological polar surface area (TPSA) is 51.7 Å². The van der Waals surface area contributed by atoms with Gasteiger partial charge in [0.2, 0.25) is 5.91 Å². The molecule has 0 saturated carbocycles. The number of carbonyl (C=O) groups excluding carboxylic acids is 1. The molecule has 29 heavy (non-hydrogen) atoms. The van der Waals surface area contributed by atoms with E-state index in [9.17, 15) is 4.79 Å². The van der Waals surface area contributed by atoms with Gasteiger partial charge in [0.25, 0.3) is 0 Å². The van der Waals surface area contributed by atoms with Crippen LogP contribution in [0.25, 0.3) is 10.2 Å². The first kappa shape index (κ1) is 20.2. The number of fused-ring (bicyclic) bond motifs is 1. The Kier molecular flexibility index (Phi) is 6.69. The lowest BCUT2D eigenvalue weighted by atomic mass is 10.2. The molecule has 4 rings (SSSR count). The normalized spacial score (nSPS) is 16.2. The molecule has 0 N–H and O–H groups in total. The molecule has 0 radical (unpaired) electrons. The summed E-state index contributed by atoms with van der Waals surface area (Å²) >= 11 is 3.23. The number of para-hydroxylation sites is 1. The molecule has 1 aromatic heterocycles. The number of thiazole rings is 1. The molecule has 0 spiro atoms. The standard InChI is InChI=1S/C22H24N2O3S2/c1-26-18-10-5-11-19-21(18)23-22(29-19)24(15-16-7-6-13-27-16)20(25)12-14-28-17-8-3-2-4-9-17/h2-5,8-11,16H,6-7,12-15H2,1H3. The Morgan fingerprint density at radius 1 is 1.28 bits per heavy atom. The van der Waals surface area contributed by atoms with Crippen LogP contribution in [0.1, 0.15) is 19.3 Å². The number of thioether (sulfide) groups is 1. The highest BCUT2D eigenvalue weighted by Crippen LogP contribution is 2.35. The van der Waals surface area contributed by atoms with Gasteiger partial charge in [-0.1, -0.05) is 35.6 Å². The number of anilines is 1. The van der Waals surface area contributed by atoms with Crippen LogP contribution in [0.4, 0.5) is 5.13 Å². The molecule has 7 heteroatoms. The van der Waals surface area contributed by atoms with Crippen LogP contribution in [0.3, 0.4) is 0 Å². The summed E-state index contributed by atoms with van der Waals surface area (Å²) in [5, 5.41) is 0.717. The zero-order chi connectivity index (χ0) is 20.1. The first-order valence-corrected chi connectivity index (χ1v) is 11.6. The van der Waals surface area contributed by atoms with E-state index in [1.807, 2.05) is 41.3 Å². The number of rotatable bonds is 8. The number of carbonyl (C=O) groups is 1. The number of hydrogen-bond donors (Lipinski definition) is 0. The molecule has 1 saturated heterocycles. The van der Waals surface area contributed by atoms with Crippen molar-refractivity contribution in [2.45, 2.75) is 30.3 Å². The van der Waals surface area contributed by atoms with Crippen LogP contribution in [0.15, 0.2) is 53.4 Å². The summed E-state index contributed by atoms with van der Waals surface area (Å²) in [6.45, 7) is 1.32. The average molecular weight is 429 g/mol. The Hall–Kier alpha value is -2.09. The van der Waals surface area contributed by atoms with Crippen molar-refractivity contribution in [1.29, 1.82) is 0 Å². The fourth-order valence-electron chi connectivity index (χ4n) is 3.38. The zero-order valence-electron chi connectivity index (χ0n) is 16.4. The summed E-state index contributed by atoms with van der Waals surface area (Å²) in [6, 6.07) is 16.0. The number of benzene rings is 2. The molecule has 1 aliphatic heterocycles. The molecule has 0 aliphatic carbocycles. The van der Waals surface area contributed by atoms with Crippen LogP contribution in [-0.4, -0.2) is 43.0 Å². The first-order valence-electron chi connectivity index (χ1n) is 9.78. The van der Waals surface area contributed by atoms with Gasteiger partial charge in [-0.15, -0.1) is 11.8 Å². The summed E-state index contributed by atoms with van der Waals surface area (Å²) in [7, 11) is 1.64. The molecular weight excluding hydrogens is 404 g/mol. The van der Waals surface area contributed by atoms with Crippen molar-refractivity contribution in [1.82, 2.24) is 4.98 Å². The van der Waals surface area contributed by atoms with Gasteiger partial charge in [-0.05, 0) is 37.1 Å². The SMILES string of the molecule is COc1cccc2sc(N(CC3CCCO3)C(=O)CCSc3ccccc3)nc12. The highest BCUT2D eigenvalue weighted by atomic mass is 32.2. The van der Waals surface area contributed by atoms with Crippen molar-refractivity contribution in [3.8, 4) is 5.75 Å². The van der Waals surface area contributed by atoms with Gasteiger partial charge in [-0.3, -0.25) is 9.69 Å². The van der Waals surface area contributed by atoms with Gasteiger partial charge in [-0.2, -0.15) is 0 Å². The Balaban J connectivity index is 1.51. The van der Waals surface area contributed by atoms with E-state index in [-0.39, 0.29) is 12.0 Å². The molecule has 2 heterocycles. The lowest BCUT2D eigenvalue weighted by Crippen LogP contribution is -2.37. The van der Waals surface area contributed by atoms with E-state index in [0.717, 1.165) is 46.3 Å². The number of amides is 1. The second-order valence-corrected chi connectivity index (χ2v) is 9.03. The van der Waals surface area contributed by atoms with Gasteiger partial charge in [0.05, 0.1) is 24.5 Å². The number of nitrogens with zero attached hydrogens (tertiary/aromatic N) is 2. The fraction of sp³-hybridized carbons (Fsp3) is 0.364. The van der Waals surface area contributed by atoms with Crippen molar-refractivity contribution in [2.75, 3.05) is 30.9 Å². The zero-order valence-corrected chi connectivity index (χ0v) is 18.0. The molecular formula is C22H24N2O3S2. The smallest absolute Gasteiger partial charge is 0.229 e. The van der Waals surface area contributed by atoms with Gasteiger partial charge < -0.3 is 9.47 Å². The summed E-state index contributed by atoms with van der Waals surface area (Å²) in [5.41, 5.74) is 0.804. The van der Waals surface area contributed by atoms with Crippen LogP contribution in [0.5, 0.6) is 5.75 Å². The quantitative estimate of drug-likeness (QED) is 0.473. The summed E-state index contributed by atoms with van der Waals surface area (Å²) in [4.78, 5) is 20.9. The van der Waals surface area contributed by atoms with Crippen LogP contribution < -0.4 is 9.64 Å². The molecule has 1 aliphatic rings. The van der Waals surface area contributed by atoms with E-state index >= 15 is 0 Å². The fourth-order valence-corrected chi connectivity index (χ4v) is 5.25. The van der Waals surface area contributed by atoms with Crippen molar-refractivity contribution in [3.63, 3.8) is 0 Å². The van der Waals surface area contributed by atoms with E-state index in [1.165, 1.54) is 16.2 Å². The monoisotopic (exact) mass is 428 g/mol. The third-order valence-corrected chi connectivity index (χ3v) is 6.92. The predicted molar refractivity (Wildman–Crippen MR) is 119 cm³/mol. The third kappa shape index (κ3) is 4.91. The Bertz CT molecular complexity index is 955. The lowest BCUT2D eigenvalue weighted by molar-refractivity contribution is -0.118. The van der Waals surface area contributed by atoms with Crippen molar-refractivity contribution in [3.05, 3.63) is 48.5 Å². The number of methoxy groups -OCH3 is 1. The highest BCUT2D eigenvalue weighted by molar-refractivity contribution is 7.99. The summed E-state index contributed by atoms with van der Waals surface area (Å²) in [6.07, 6.45) is 2.56. The van der Waals surface area contributed by atoms with Crippen LogP contribution in [0, 0.1) is 0 Å². The molecule has 2 aromatic carbocycles. The first-order chi connectivity index (χ1) is 14.2. The molecule has 152 valence electrons. The van der Waals surface area contributed by atoms with Gasteiger partial charge in [-0.25, -0.2) is 4.98 Å². The van der Waals surface area contributed by atoms with Crippen LogP contribution in [-0.2, 0) is 9.53 Å². The van der Waals surface area contributed by atoms with E-state index in [4.69, 9.17) is 14.5 Å². The lowest BCUT2D eigenvalue weighted by Gasteiger charge is -2.23. The van der Waals surface area contributed by atoms with Gasteiger partial charge in [0.15, 0.2) is 5.13 Å². The van der Waals surface area contributed by atoms with E-state index < -0.39 is 0 Å². The molecule has 5 nitrogen and oxygen atoms in total. The Labute approximate surface area is 179 Å². The second-order valence-electron chi connectivity index (χ2n) is 6.85. The average Bonchev–Trinajstić information content (AvgIpc) is 3.42. The molecule has 1 unspecified atom stereocenters. The maximum Gasteiger partial charge on any atom is 0.229 e. The molecule has 1 atom stereocenters. The highest BCUT2D eigenvalue weighted by Gasteiger charge is 2.26. The molecule has 3 aromatic rings. The number of ether oxygens (including phenoxy) is 2. The van der Waals surface area contributed by atoms with Gasteiger partial charge in [0.1, 0.15) is 11.3 Å². The van der Waals surface area contributed by atoms with Crippen molar-refractivity contribution in [2.24, 2.45) is 0 Å². The van der Waals surface area contributed by atoms with Crippen LogP contribution in [0.2, 0.25) is 0 Å². The minimum atomic E-state index is 0.0784. The number of aromatic nitrogens is 1. The predicted octanol–water partition coefficient (Wildman–Crippen LogP) is 5.00. The Morgan fingerprint density at radius 3 is 2.90 bits per heavy atom. The largest absolute Gasteiger partial charge is 0.494 e. The molecule has 1 amide bonds. The molecule has 1 fully saturated rings. The Morgan fingerprint density at radius 2 is 2.14 bits per heavy atom. The van der Waals surface area contributed by atoms with Crippen molar-refractivity contribution < 1.29 is 14.3 Å². The third-order valence-electron chi connectivity index (χ3n) is 4.86. The van der Waals surface area contributed by atoms with Crippen molar-refractivity contribution >= 4 is 44.4 Å². The maximum absolute atomic E-state index is 13.1. The van der Waals surface area contributed by atoms with Gasteiger partial charge in [0, 0.05) is 23.7 Å². The summed E-state index contributed by atoms with van der Waals surface area (Å²) in [5.74, 6) is 1.55. The van der Waals surface area contributed by atoms with E-state index in [1.54, 1.807) is 18.9 Å². The minimum Gasteiger partial charge on any atom is -0.494 e. The second kappa shape index (κ2) is 9.61. The minimum absolute atomic E-state index is 0.0784. The number of hydrogen-bond acceptors (Lipinski definition) is 6. The van der Waals surface area contributed by atoms with E-state index in [0.29, 0.717) is 13.0 Å².